The van der Waals surface area contributed by atoms with Crippen LogP contribution < -0.4 is 0 Å². The lowest BCUT2D eigenvalue weighted by atomic mass is 9.96. The summed E-state index contributed by atoms with van der Waals surface area (Å²) in [6.07, 6.45) is -4.35. The summed E-state index contributed by atoms with van der Waals surface area (Å²) in [6, 6.07) is 26.8. The van der Waals surface area contributed by atoms with Crippen molar-refractivity contribution in [2.24, 2.45) is 0 Å². The van der Waals surface area contributed by atoms with Gasteiger partial charge in [0.15, 0.2) is 0 Å². The fourth-order valence-electron chi connectivity index (χ4n) is 5.43. The Balaban J connectivity index is 1.31. The van der Waals surface area contributed by atoms with E-state index in [1.807, 2.05) is 6.92 Å². The maximum absolute atomic E-state index is 13.0. The Labute approximate surface area is 222 Å². The number of halogens is 3. The Bertz CT molecular complexity index is 1280. The van der Waals surface area contributed by atoms with Crippen molar-refractivity contribution in [1.29, 1.82) is 0 Å². The van der Waals surface area contributed by atoms with E-state index in [4.69, 9.17) is 4.98 Å². The Morgan fingerprint density at radius 2 is 1.34 bits per heavy atom. The summed E-state index contributed by atoms with van der Waals surface area (Å²) in [7, 11) is 0. The maximum Gasteiger partial charge on any atom is 0.416 e. The van der Waals surface area contributed by atoms with Crippen LogP contribution in [0.2, 0.25) is 0 Å². The molecule has 0 radical (unpaired) electrons. The van der Waals surface area contributed by atoms with Crippen molar-refractivity contribution in [3.8, 4) is 11.4 Å². The van der Waals surface area contributed by atoms with Gasteiger partial charge in [0, 0.05) is 50.5 Å². The summed E-state index contributed by atoms with van der Waals surface area (Å²) < 4.78 is 41.2. The number of nitrogens with zero attached hydrogens (tertiary/aromatic N) is 4. The molecule has 3 aromatic carbocycles. The highest BCUT2D eigenvalue weighted by Crippen LogP contribution is 2.32. The SMILES string of the molecule is CCn1c(-c2ccc(C(F)(F)F)cc2)nc(CN2CCN(C(c3ccccc3)c3ccccc3)CC2)c1C. The zero-order chi connectivity index (χ0) is 26.7. The van der Waals surface area contributed by atoms with Crippen LogP contribution in [0, 0.1) is 6.92 Å². The fourth-order valence-corrected chi connectivity index (χ4v) is 5.43. The molecule has 0 spiro atoms. The van der Waals surface area contributed by atoms with Crippen molar-refractivity contribution in [3.63, 3.8) is 0 Å². The number of rotatable bonds is 7. The number of aromatic nitrogens is 2. The standard InChI is InChI=1S/C31H33F3N4/c1-3-38-23(2)28(35-30(38)26-14-16-27(17-15-26)31(32,33)34)22-36-18-20-37(21-19-36)29(24-10-6-4-7-11-24)25-12-8-5-9-13-25/h4-17,29H,3,18-22H2,1-2H3. The van der Waals surface area contributed by atoms with Crippen LogP contribution in [0.5, 0.6) is 0 Å². The zero-order valence-corrected chi connectivity index (χ0v) is 21.8. The average Bonchev–Trinajstić information content (AvgIpc) is 3.25. The highest BCUT2D eigenvalue weighted by Gasteiger charge is 2.30. The first-order valence-electron chi connectivity index (χ1n) is 13.1. The number of alkyl halides is 3. The van der Waals surface area contributed by atoms with E-state index in [9.17, 15) is 13.2 Å². The van der Waals surface area contributed by atoms with Crippen molar-refractivity contribution in [3.05, 3.63) is 113 Å². The third-order valence-corrected chi connectivity index (χ3v) is 7.48. The van der Waals surface area contributed by atoms with Gasteiger partial charge in [0.05, 0.1) is 17.3 Å². The van der Waals surface area contributed by atoms with E-state index in [2.05, 4.69) is 82.0 Å². The molecule has 4 aromatic rings. The molecule has 0 atom stereocenters. The summed E-state index contributed by atoms with van der Waals surface area (Å²) in [5, 5.41) is 0. The Hall–Kier alpha value is -3.42. The summed E-state index contributed by atoms with van der Waals surface area (Å²) >= 11 is 0. The molecule has 0 bridgehead atoms. The van der Waals surface area contributed by atoms with Crippen LogP contribution in [0.1, 0.15) is 41.0 Å². The topological polar surface area (TPSA) is 24.3 Å². The predicted octanol–water partition coefficient (Wildman–Crippen LogP) is 6.80. The molecule has 0 N–H and O–H groups in total. The van der Waals surface area contributed by atoms with Gasteiger partial charge in [-0.2, -0.15) is 13.2 Å². The second kappa shape index (κ2) is 11.1. The molecule has 2 heterocycles. The minimum absolute atomic E-state index is 0.215. The number of benzene rings is 3. The van der Waals surface area contributed by atoms with Gasteiger partial charge in [-0.1, -0.05) is 72.8 Å². The first-order chi connectivity index (χ1) is 18.3. The van der Waals surface area contributed by atoms with Gasteiger partial charge in [-0.25, -0.2) is 4.98 Å². The van der Waals surface area contributed by atoms with Crippen LogP contribution in [0.25, 0.3) is 11.4 Å². The Morgan fingerprint density at radius 1 is 0.789 bits per heavy atom. The molecular formula is C31H33F3N4. The summed E-state index contributed by atoms with van der Waals surface area (Å²) in [5.41, 5.74) is 4.70. The summed E-state index contributed by atoms with van der Waals surface area (Å²) in [4.78, 5) is 9.89. The minimum atomic E-state index is -4.35. The van der Waals surface area contributed by atoms with Gasteiger partial charge in [-0.3, -0.25) is 9.80 Å². The molecule has 4 nitrogen and oxygen atoms in total. The molecule has 1 aliphatic heterocycles. The van der Waals surface area contributed by atoms with Crippen LogP contribution in [0.3, 0.4) is 0 Å². The molecule has 1 aromatic heterocycles. The molecule has 1 fully saturated rings. The van der Waals surface area contributed by atoms with Crippen LogP contribution in [0.4, 0.5) is 13.2 Å². The first kappa shape index (κ1) is 26.2. The van der Waals surface area contributed by atoms with Gasteiger partial charge in [0.25, 0.3) is 0 Å². The lowest BCUT2D eigenvalue weighted by Crippen LogP contribution is -2.47. The normalized spacial score (nSPS) is 15.3. The summed E-state index contributed by atoms with van der Waals surface area (Å²) in [5.74, 6) is 0.723. The fraction of sp³-hybridized carbons (Fsp3) is 0.323. The molecule has 38 heavy (non-hydrogen) atoms. The lowest BCUT2D eigenvalue weighted by molar-refractivity contribution is -0.137. The van der Waals surface area contributed by atoms with Crippen molar-refractivity contribution >= 4 is 0 Å². The van der Waals surface area contributed by atoms with Gasteiger partial charge in [-0.05, 0) is 37.1 Å². The molecule has 1 saturated heterocycles. The Kier molecular flexibility index (Phi) is 7.68. The third-order valence-electron chi connectivity index (χ3n) is 7.48. The van der Waals surface area contributed by atoms with Crippen molar-refractivity contribution < 1.29 is 13.2 Å². The molecule has 198 valence electrons. The number of piperazine rings is 1. The van der Waals surface area contributed by atoms with Gasteiger partial charge in [-0.15, -0.1) is 0 Å². The average molecular weight is 519 g/mol. The third kappa shape index (κ3) is 5.54. The second-order valence-corrected chi connectivity index (χ2v) is 9.82. The molecular weight excluding hydrogens is 485 g/mol. The molecule has 5 rings (SSSR count). The number of hydrogen-bond acceptors (Lipinski definition) is 3. The molecule has 7 heteroatoms. The van der Waals surface area contributed by atoms with E-state index in [0.29, 0.717) is 12.1 Å². The highest BCUT2D eigenvalue weighted by molar-refractivity contribution is 5.58. The van der Waals surface area contributed by atoms with Crippen LogP contribution in [0.15, 0.2) is 84.9 Å². The molecule has 0 unspecified atom stereocenters. The molecule has 0 saturated carbocycles. The predicted molar refractivity (Wildman–Crippen MR) is 145 cm³/mol. The van der Waals surface area contributed by atoms with E-state index in [0.717, 1.165) is 62.1 Å². The van der Waals surface area contributed by atoms with E-state index < -0.39 is 11.7 Å². The van der Waals surface area contributed by atoms with E-state index in [-0.39, 0.29) is 6.04 Å². The second-order valence-electron chi connectivity index (χ2n) is 9.82. The van der Waals surface area contributed by atoms with E-state index in [1.54, 1.807) is 0 Å². The highest BCUT2D eigenvalue weighted by atomic mass is 19.4. The minimum Gasteiger partial charge on any atom is -0.328 e. The van der Waals surface area contributed by atoms with E-state index >= 15 is 0 Å². The number of imidazole rings is 1. The molecule has 1 aliphatic rings. The first-order valence-corrected chi connectivity index (χ1v) is 13.1. The summed E-state index contributed by atoms with van der Waals surface area (Å²) in [6.45, 7) is 9.24. The van der Waals surface area contributed by atoms with Gasteiger partial charge in [0.1, 0.15) is 5.82 Å². The molecule has 0 aliphatic carbocycles. The van der Waals surface area contributed by atoms with Crippen molar-refractivity contribution in [1.82, 2.24) is 19.4 Å². The van der Waals surface area contributed by atoms with Gasteiger partial charge >= 0.3 is 6.18 Å². The lowest BCUT2D eigenvalue weighted by Gasteiger charge is -2.39. The monoisotopic (exact) mass is 518 g/mol. The van der Waals surface area contributed by atoms with Gasteiger partial charge in [0.2, 0.25) is 0 Å². The zero-order valence-electron chi connectivity index (χ0n) is 21.8. The van der Waals surface area contributed by atoms with E-state index in [1.165, 1.54) is 23.3 Å². The number of hydrogen-bond donors (Lipinski definition) is 0. The maximum atomic E-state index is 13.0. The smallest absolute Gasteiger partial charge is 0.328 e. The van der Waals surface area contributed by atoms with Crippen molar-refractivity contribution in [2.75, 3.05) is 26.2 Å². The van der Waals surface area contributed by atoms with Crippen LogP contribution in [-0.4, -0.2) is 45.5 Å². The largest absolute Gasteiger partial charge is 0.416 e. The van der Waals surface area contributed by atoms with Crippen LogP contribution >= 0.6 is 0 Å². The Morgan fingerprint density at radius 3 is 1.84 bits per heavy atom. The quantitative estimate of drug-likeness (QED) is 0.269. The molecule has 0 amide bonds. The van der Waals surface area contributed by atoms with Crippen molar-refractivity contribution in [2.45, 2.75) is 39.2 Å². The van der Waals surface area contributed by atoms with Crippen LogP contribution in [-0.2, 0) is 19.3 Å². The van der Waals surface area contributed by atoms with Gasteiger partial charge < -0.3 is 4.57 Å².